The molecule has 1 atom stereocenters. The molecule has 0 aromatic heterocycles. The predicted molar refractivity (Wildman–Crippen MR) is 92.9 cm³/mol. The number of hydrogen-bond acceptors (Lipinski definition) is 6. The van der Waals surface area contributed by atoms with Gasteiger partial charge in [0.25, 0.3) is 0 Å². The zero-order chi connectivity index (χ0) is 17.6. The van der Waals surface area contributed by atoms with Crippen molar-refractivity contribution < 1.29 is 24.8 Å². The minimum Gasteiger partial charge on any atom is -0.508 e. The van der Waals surface area contributed by atoms with E-state index in [9.17, 15) is 15.3 Å². The molecule has 134 valence electrons. The normalized spacial score (nSPS) is 17.2. The molecule has 0 spiro atoms. The molecule has 1 aliphatic heterocycles. The lowest BCUT2D eigenvalue weighted by atomic mass is 10.1. The SMILES string of the molecule is Oc1ccc(OCC(Oc2ccc(O)cc2)N2CCC(O)CC2)cc1. The largest absolute Gasteiger partial charge is 0.508 e. The van der Waals surface area contributed by atoms with Crippen molar-refractivity contribution in [3.8, 4) is 23.0 Å². The van der Waals surface area contributed by atoms with Crippen molar-refractivity contribution in [3.05, 3.63) is 48.5 Å². The van der Waals surface area contributed by atoms with E-state index in [0.29, 0.717) is 30.9 Å². The first-order valence-electron chi connectivity index (χ1n) is 8.40. The van der Waals surface area contributed by atoms with Crippen molar-refractivity contribution in [1.29, 1.82) is 0 Å². The van der Waals surface area contributed by atoms with Crippen LogP contribution in [-0.4, -0.2) is 52.2 Å². The second kappa shape index (κ2) is 8.09. The quantitative estimate of drug-likeness (QED) is 0.745. The molecule has 6 heteroatoms. The number of rotatable bonds is 6. The molecular formula is C19H23NO5. The highest BCUT2D eigenvalue weighted by Gasteiger charge is 2.26. The maximum atomic E-state index is 9.71. The van der Waals surface area contributed by atoms with Gasteiger partial charge in [-0.25, -0.2) is 0 Å². The molecule has 0 bridgehead atoms. The molecule has 1 aliphatic rings. The van der Waals surface area contributed by atoms with Crippen molar-refractivity contribution in [2.45, 2.75) is 25.2 Å². The first-order valence-corrected chi connectivity index (χ1v) is 8.40. The van der Waals surface area contributed by atoms with Crippen molar-refractivity contribution in [1.82, 2.24) is 4.90 Å². The van der Waals surface area contributed by atoms with E-state index in [4.69, 9.17) is 9.47 Å². The molecule has 0 amide bonds. The highest BCUT2D eigenvalue weighted by molar-refractivity contribution is 5.31. The molecule has 25 heavy (non-hydrogen) atoms. The van der Waals surface area contributed by atoms with Crippen LogP contribution in [0.1, 0.15) is 12.8 Å². The Balaban J connectivity index is 1.66. The number of piperidine rings is 1. The lowest BCUT2D eigenvalue weighted by Crippen LogP contribution is -2.48. The van der Waals surface area contributed by atoms with Crippen molar-refractivity contribution in [3.63, 3.8) is 0 Å². The maximum absolute atomic E-state index is 9.71. The van der Waals surface area contributed by atoms with Gasteiger partial charge in [-0.05, 0) is 61.4 Å². The molecule has 6 nitrogen and oxygen atoms in total. The summed E-state index contributed by atoms with van der Waals surface area (Å²) in [5.74, 6) is 1.66. The number of aromatic hydroxyl groups is 2. The summed E-state index contributed by atoms with van der Waals surface area (Å²) in [4.78, 5) is 2.14. The molecule has 3 rings (SSSR count). The Morgan fingerprint density at radius 2 is 1.40 bits per heavy atom. The van der Waals surface area contributed by atoms with Crippen molar-refractivity contribution in [2.75, 3.05) is 19.7 Å². The van der Waals surface area contributed by atoms with Gasteiger partial charge >= 0.3 is 0 Å². The summed E-state index contributed by atoms with van der Waals surface area (Å²) in [6, 6.07) is 13.1. The predicted octanol–water partition coefficient (Wildman–Crippen LogP) is 2.34. The number of aliphatic hydroxyl groups excluding tert-OH is 1. The Kier molecular flexibility index (Phi) is 5.63. The van der Waals surface area contributed by atoms with Gasteiger partial charge < -0.3 is 24.8 Å². The van der Waals surface area contributed by atoms with Gasteiger partial charge in [-0.3, -0.25) is 4.90 Å². The minimum atomic E-state index is -0.314. The van der Waals surface area contributed by atoms with Crippen LogP contribution < -0.4 is 9.47 Å². The Morgan fingerprint density at radius 1 is 0.880 bits per heavy atom. The monoisotopic (exact) mass is 345 g/mol. The Morgan fingerprint density at radius 3 is 1.96 bits per heavy atom. The minimum absolute atomic E-state index is 0.185. The third kappa shape index (κ3) is 5.01. The topological polar surface area (TPSA) is 82.4 Å². The fourth-order valence-electron chi connectivity index (χ4n) is 2.78. The van der Waals surface area contributed by atoms with Crippen LogP contribution in [0.25, 0.3) is 0 Å². The number of phenolic OH excluding ortho intramolecular Hbond substituents is 2. The number of hydrogen-bond donors (Lipinski definition) is 3. The fourth-order valence-corrected chi connectivity index (χ4v) is 2.78. The maximum Gasteiger partial charge on any atom is 0.186 e. The second-order valence-corrected chi connectivity index (χ2v) is 6.14. The van der Waals surface area contributed by atoms with E-state index in [-0.39, 0.29) is 23.8 Å². The van der Waals surface area contributed by atoms with E-state index < -0.39 is 0 Å². The zero-order valence-corrected chi connectivity index (χ0v) is 13.9. The molecule has 3 N–H and O–H groups in total. The fraction of sp³-hybridized carbons (Fsp3) is 0.368. The smallest absolute Gasteiger partial charge is 0.186 e. The highest BCUT2D eigenvalue weighted by Crippen LogP contribution is 2.22. The Hall–Kier alpha value is -2.44. The third-order valence-corrected chi connectivity index (χ3v) is 4.24. The van der Waals surface area contributed by atoms with Gasteiger partial charge in [0.05, 0.1) is 6.10 Å². The van der Waals surface area contributed by atoms with Gasteiger partial charge in [0.2, 0.25) is 0 Å². The summed E-state index contributed by atoms with van der Waals surface area (Å²) in [6.45, 7) is 1.76. The summed E-state index contributed by atoms with van der Waals surface area (Å²) in [6.07, 6.45) is 0.831. The second-order valence-electron chi connectivity index (χ2n) is 6.14. The molecule has 0 aliphatic carbocycles. The molecule has 1 heterocycles. The zero-order valence-electron chi connectivity index (χ0n) is 13.9. The van der Waals surface area contributed by atoms with E-state index in [1.54, 1.807) is 48.5 Å². The standard InChI is InChI=1S/C19H23NO5/c21-14-1-5-17(6-2-14)24-13-19(20-11-9-16(23)10-12-20)25-18-7-3-15(22)4-8-18/h1-8,16,19,21-23H,9-13H2. The molecule has 1 saturated heterocycles. The molecular weight excluding hydrogens is 322 g/mol. The van der Waals surface area contributed by atoms with Crippen LogP contribution in [0, 0.1) is 0 Å². The van der Waals surface area contributed by atoms with E-state index in [0.717, 1.165) is 13.1 Å². The summed E-state index contributed by atoms with van der Waals surface area (Å²) in [5.41, 5.74) is 0. The van der Waals surface area contributed by atoms with E-state index in [2.05, 4.69) is 4.90 Å². The summed E-state index contributed by atoms with van der Waals surface area (Å²) in [5, 5.41) is 28.5. The molecule has 1 unspecified atom stereocenters. The summed E-state index contributed by atoms with van der Waals surface area (Å²) < 4.78 is 11.9. The number of aliphatic hydroxyl groups is 1. The Labute approximate surface area is 146 Å². The number of phenols is 2. The Bertz CT molecular complexity index is 651. The summed E-state index contributed by atoms with van der Waals surface area (Å²) in [7, 11) is 0. The third-order valence-electron chi connectivity index (χ3n) is 4.24. The van der Waals surface area contributed by atoms with Crippen molar-refractivity contribution in [2.24, 2.45) is 0 Å². The van der Waals surface area contributed by atoms with Crippen LogP contribution in [0.3, 0.4) is 0 Å². The average molecular weight is 345 g/mol. The van der Waals surface area contributed by atoms with Gasteiger partial charge in [0.15, 0.2) is 6.23 Å². The van der Waals surface area contributed by atoms with Gasteiger partial charge in [-0.1, -0.05) is 0 Å². The van der Waals surface area contributed by atoms with Crippen LogP contribution in [-0.2, 0) is 0 Å². The average Bonchev–Trinajstić information content (AvgIpc) is 2.62. The van der Waals surface area contributed by atoms with Gasteiger partial charge in [-0.2, -0.15) is 0 Å². The molecule has 1 fully saturated rings. The first-order chi connectivity index (χ1) is 12.1. The first kappa shape index (κ1) is 17.4. The van der Waals surface area contributed by atoms with E-state index in [1.807, 2.05) is 0 Å². The highest BCUT2D eigenvalue weighted by atomic mass is 16.5. The number of benzene rings is 2. The lowest BCUT2D eigenvalue weighted by Gasteiger charge is -2.35. The molecule has 2 aromatic rings. The van der Waals surface area contributed by atoms with E-state index >= 15 is 0 Å². The van der Waals surface area contributed by atoms with Crippen LogP contribution in [0.4, 0.5) is 0 Å². The summed E-state index contributed by atoms with van der Waals surface area (Å²) >= 11 is 0. The van der Waals surface area contributed by atoms with Crippen molar-refractivity contribution >= 4 is 0 Å². The number of likely N-dealkylation sites (tertiary alicyclic amines) is 1. The molecule has 0 radical (unpaired) electrons. The van der Waals surface area contributed by atoms with Crippen LogP contribution in [0.2, 0.25) is 0 Å². The molecule has 0 saturated carbocycles. The van der Waals surface area contributed by atoms with Crippen LogP contribution in [0.15, 0.2) is 48.5 Å². The van der Waals surface area contributed by atoms with E-state index in [1.165, 1.54) is 0 Å². The van der Waals surface area contributed by atoms with Crippen LogP contribution in [0.5, 0.6) is 23.0 Å². The lowest BCUT2D eigenvalue weighted by molar-refractivity contribution is -0.0391. The van der Waals surface area contributed by atoms with Gasteiger partial charge in [0, 0.05) is 13.1 Å². The van der Waals surface area contributed by atoms with Gasteiger partial charge in [0.1, 0.15) is 29.6 Å². The molecule has 2 aromatic carbocycles. The number of nitrogens with zero attached hydrogens (tertiary/aromatic N) is 1. The number of ether oxygens (including phenoxy) is 2. The van der Waals surface area contributed by atoms with Gasteiger partial charge in [-0.15, -0.1) is 0 Å². The van der Waals surface area contributed by atoms with Crippen LogP contribution >= 0.6 is 0 Å².